The Bertz CT molecular complexity index is 601. The summed E-state index contributed by atoms with van der Waals surface area (Å²) in [6.07, 6.45) is 2.27. The molecule has 0 saturated heterocycles. The first kappa shape index (κ1) is 13.1. The number of hydrogen-bond acceptors (Lipinski definition) is 3. The molecule has 1 aromatic heterocycles. The zero-order valence-electron chi connectivity index (χ0n) is 10.6. The maximum absolute atomic E-state index is 12.0. The highest BCUT2D eigenvalue weighted by Crippen LogP contribution is 2.44. The van der Waals surface area contributed by atoms with E-state index in [1.165, 1.54) is 16.8 Å². The van der Waals surface area contributed by atoms with Gasteiger partial charge in [0.25, 0.3) is 5.91 Å². The lowest BCUT2D eigenvalue weighted by molar-refractivity contribution is 0.0938. The van der Waals surface area contributed by atoms with Crippen LogP contribution >= 0.6 is 0 Å². The fourth-order valence-electron chi connectivity index (χ4n) is 1.86. The van der Waals surface area contributed by atoms with Crippen LogP contribution < -0.4 is 10.5 Å². The third kappa shape index (κ3) is 2.41. The van der Waals surface area contributed by atoms with Crippen LogP contribution in [0.4, 0.5) is 0 Å². The van der Waals surface area contributed by atoms with Gasteiger partial charge in [-0.3, -0.25) is 4.79 Å². The monoisotopic (exact) mass is 271 g/mol. The van der Waals surface area contributed by atoms with Crippen LogP contribution in [0.1, 0.15) is 30.8 Å². The van der Waals surface area contributed by atoms with Crippen LogP contribution in [0.25, 0.3) is 0 Å². The number of aryl methyl sites for hydroxylation is 1. The Morgan fingerprint density at radius 2 is 2.11 bits per heavy atom. The third-order valence-corrected chi connectivity index (χ3v) is 4.24. The first-order valence-electron chi connectivity index (χ1n) is 5.61. The van der Waals surface area contributed by atoms with E-state index in [0.29, 0.717) is 5.69 Å². The summed E-state index contributed by atoms with van der Waals surface area (Å²) >= 11 is 0. The van der Waals surface area contributed by atoms with Crippen molar-refractivity contribution in [2.24, 2.45) is 17.6 Å². The highest BCUT2D eigenvalue weighted by atomic mass is 32.2. The van der Waals surface area contributed by atoms with Gasteiger partial charge < -0.3 is 9.88 Å². The highest BCUT2D eigenvalue weighted by Gasteiger charge is 2.46. The molecule has 1 aliphatic rings. The minimum Gasteiger partial charge on any atom is -0.347 e. The van der Waals surface area contributed by atoms with Gasteiger partial charge in [0.1, 0.15) is 10.6 Å². The number of primary sulfonamides is 1. The molecule has 1 aromatic rings. The zero-order valence-corrected chi connectivity index (χ0v) is 11.4. The average molecular weight is 271 g/mol. The van der Waals surface area contributed by atoms with Crippen molar-refractivity contribution >= 4 is 15.9 Å². The van der Waals surface area contributed by atoms with Gasteiger partial charge in [0.05, 0.1) is 0 Å². The molecule has 0 spiro atoms. The Hall–Kier alpha value is -1.34. The topological polar surface area (TPSA) is 94.2 Å². The van der Waals surface area contributed by atoms with E-state index in [1.54, 1.807) is 7.05 Å². The molecule has 1 atom stereocenters. The maximum atomic E-state index is 12.0. The van der Waals surface area contributed by atoms with Crippen molar-refractivity contribution in [2.75, 3.05) is 0 Å². The first-order chi connectivity index (χ1) is 8.11. The van der Waals surface area contributed by atoms with Gasteiger partial charge in [0, 0.05) is 19.3 Å². The number of nitrogens with one attached hydrogen (secondary N) is 1. The minimum atomic E-state index is -3.77. The smallest absolute Gasteiger partial charge is 0.268 e. The molecule has 3 N–H and O–H groups in total. The van der Waals surface area contributed by atoms with Crippen molar-refractivity contribution in [3.63, 3.8) is 0 Å². The van der Waals surface area contributed by atoms with Gasteiger partial charge in [-0.25, -0.2) is 13.6 Å². The van der Waals surface area contributed by atoms with E-state index in [2.05, 4.69) is 19.2 Å². The number of aromatic nitrogens is 1. The molecule has 100 valence electrons. The van der Waals surface area contributed by atoms with Crippen LogP contribution in [-0.4, -0.2) is 24.9 Å². The summed E-state index contributed by atoms with van der Waals surface area (Å²) < 4.78 is 23.8. The number of hydrogen-bond donors (Lipinski definition) is 2. The maximum Gasteiger partial charge on any atom is 0.268 e. The summed E-state index contributed by atoms with van der Waals surface area (Å²) in [7, 11) is -2.16. The molecule has 0 aromatic carbocycles. The molecule has 6 nitrogen and oxygen atoms in total. The van der Waals surface area contributed by atoms with Crippen LogP contribution in [-0.2, 0) is 17.1 Å². The zero-order chi connectivity index (χ0) is 13.7. The van der Waals surface area contributed by atoms with Gasteiger partial charge in [0.2, 0.25) is 10.0 Å². The molecular weight excluding hydrogens is 254 g/mol. The summed E-state index contributed by atoms with van der Waals surface area (Å²) in [5.74, 6) is -0.275. The van der Waals surface area contributed by atoms with Crippen LogP contribution in [0.5, 0.6) is 0 Å². The lowest BCUT2D eigenvalue weighted by Gasteiger charge is -2.07. The molecular formula is C11H17N3O3S. The quantitative estimate of drug-likeness (QED) is 0.822. The van der Waals surface area contributed by atoms with E-state index in [4.69, 9.17) is 5.14 Å². The molecule has 18 heavy (non-hydrogen) atoms. The predicted molar refractivity (Wildman–Crippen MR) is 66.4 cm³/mol. The number of nitrogens with zero attached hydrogens (tertiary/aromatic N) is 1. The van der Waals surface area contributed by atoms with Crippen LogP contribution in [0.3, 0.4) is 0 Å². The highest BCUT2D eigenvalue weighted by molar-refractivity contribution is 7.89. The Labute approximate surface area is 106 Å². The molecule has 7 heteroatoms. The molecule has 0 radical (unpaired) electrons. The second-order valence-corrected chi connectivity index (χ2v) is 7.00. The first-order valence-corrected chi connectivity index (χ1v) is 7.16. The number of carbonyl (C=O) groups excluding carboxylic acids is 1. The summed E-state index contributed by atoms with van der Waals surface area (Å²) in [6.45, 7) is 4.14. The number of nitrogens with two attached hydrogens (primary N) is 1. The minimum absolute atomic E-state index is 0.0507. The molecule has 1 unspecified atom stereocenters. The number of rotatable bonds is 3. The van der Waals surface area contributed by atoms with E-state index >= 15 is 0 Å². The number of sulfonamides is 1. The van der Waals surface area contributed by atoms with Crippen molar-refractivity contribution in [3.8, 4) is 0 Å². The van der Waals surface area contributed by atoms with Crippen molar-refractivity contribution in [3.05, 3.63) is 18.0 Å². The molecule has 1 fully saturated rings. The van der Waals surface area contributed by atoms with Gasteiger partial charge in [0.15, 0.2) is 0 Å². The average Bonchev–Trinajstić information content (AvgIpc) is 2.63. The SMILES string of the molecule is Cn1cc(S(N)(=O)=O)cc1C(=O)NC1CC1(C)C. The van der Waals surface area contributed by atoms with Crippen LogP contribution in [0.15, 0.2) is 17.2 Å². The van der Waals surface area contributed by atoms with Gasteiger partial charge >= 0.3 is 0 Å². The van der Waals surface area contributed by atoms with E-state index in [1.807, 2.05) is 0 Å². The summed E-state index contributed by atoms with van der Waals surface area (Å²) in [5.41, 5.74) is 0.422. The van der Waals surface area contributed by atoms with Crippen molar-refractivity contribution < 1.29 is 13.2 Å². The fraction of sp³-hybridized carbons (Fsp3) is 0.545. The molecule has 1 heterocycles. The second-order valence-electron chi connectivity index (χ2n) is 5.44. The van der Waals surface area contributed by atoms with Crippen LogP contribution in [0, 0.1) is 5.41 Å². The van der Waals surface area contributed by atoms with Gasteiger partial charge in [-0.2, -0.15) is 0 Å². The fourth-order valence-corrected chi connectivity index (χ4v) is 2.44. The number of carbonyl (C=O) groups is 1. The Morgan fingerprint density at radius 3 is 2.50 bits per heavy atom. The third-order valence-electron chi connectivity index (χ3n) is 3.36. The number of amides is 1. The molecule has 0 bridgehead atoms. The summed E-state index contributed by atoms with van der Waals surface area (Å²) in [4.78, 5) is 11.9. The largest absolute Gasteiger partial charge is 0.347 e. The Morgan fingerprint density at radius 1 is 1.56 bits per heavy atom. The summed E-state index contributed by atoms with van der Waals surface area (Å²) in [5, 5.41) is 7.89. The van der Waals surface area contributed by atoms with E-state index < -0.39 is 10.0 Å². The molecule has 2 rings (SSSR count). The lowest BCUT2D eigenvalue weighted by Crippen LogP contribution is -2.29. The molecule has 1 amide bonds. The molecule has 1 aliphatic carbocycles. The van der Waals surface area contributed by atoms with Crippen molar-refractivity contribution in [1.29, 1.82) is 0 Å². The second kappa shape index (κ2) is 3.83. The Kier molecular flexibility index (Phi) is 2.78. The standard InChI is InChI=1S/C11H17N3O3S/c1-11(2)5-9(11)13-10(15)8-4-7(6-14(8)3)18(12,16)17/h4,6,9H,5H2,1-3H3,(H,13,15)(H2,12,16,17). The lowest BCUT2D eigenvalue weighted by atomic mass is 10.2. The van der Waals surface area contributed by atoms with Crippen molar-refractivity contribution in [2.45, 2.75) is 31.2 Å². The van der Waals surface area contributed by atoms with Crippen molar-refractivity contribution in [1.82, 2.24) is 9.88 Å². The van der Waals surface area contributed by atoms with Crippen LogP contribution in [0.2, 0.25) is 0 Å². The van der Waals surface area contributed by atoms with E-state index in [9.17, 15) is 13.2 Å². The van der Waals surface area contributed by atoms with Gasteiger partial charge in [-0.15, -0.1) is 0 Å². The predicted octanol–water partition coefficient (Wildman–Crippen LogP) is 0.201. The van der Waals surface area contributed by atoms with Gasteiger partial charge in [-0.05, 0) is 17.9 Å². The van der Waals surface area contributed by atoms with E-state index in [0.717, 1.165) is 6.42 Å². The molecule has 0 aliphatic heterocycles. The Balaban J connectivity index is 2.19. The van der Waals surface area contributed by atoms with E-state index in [-0.39, 0.29) is 22.3 Å². The molecule has 1 saturated carbocycles. The summed E-state index contributed by atoms with van der Waals surface area (Å²) in [6, 6.07) is 1.44. The van der Waals surface area contributed by atoms with Gasteiger partial charge in [-0.1, -0.05) is 13.8 Å². The normalized spacial score (nSPS) is 21.7.